The lowest BCUT2D eigenvalue weighted by Gasteiger charge is -2.33. The summed E-state index contributed by atoms with van der Waals surface area (Å²) in [5, 5.41) is 0. The van der Waals surface area contributed by atoms with Crippen LogP contribution >= 0.6 is 0 Å². The third kappa shape index (κ3) is 5.48. The van der Waals surface area contributed by atoms with E-state index < -0.39 is 9.28 Å². The maximum absolute atomic E-state index is 3.60. The molecule has 1 aliphatic rings. The molecule has 0 unspecified atom stereocenters. The SMILES string of the molecule is CCN(CCN[SiH](NC)NC)C1CCCCC1. The lowest BCUT2D eigenvalue weighted by atomic mass is 9.94. The molecular formula is C12H30N4Si. The van der Waals surface area contributed by atoms with E-state index in [2.05, 4.69) is 26.8 Å². The lowest BCUT2D eigenvalue weighted by Crippen LogP contribution is -2.57. The van der Waals surface area contributed by atoms with Gasteiger partial charge in [-0.25, -0.2) is 0 Å². The fourth-order valence-electron chi connectivity index (χ4n) is 2.75. The predicted molar refractivity (Wildman–Crippen MR) is 77.4 cm³/mol. The van der Waals surface area contributed by atoms with E-state index in [9.17, 15) is 0 Å². The third-order valence-corrected chi connectivity index (χ3v) is 5.67. The van der Waals surface area contributed by atoms with Gasteiger partial charge >= 0.3 is 0 Å². The first-order valence-electron chi connectivity index (χ1n) is 7.13. The summed E-state index contributed by atoms with van der Waals surface area (Å²) in [6, 6.07) is 0.847. The third-order valence-electron chi connectivity index (χ3n) is 3.82. The molecule has 0 atom stereocenters. The molecule has 0 heterocycles. The Bertz CT molecular complexity index is 181. The molecule has 0 spiro atoms. The van der Waals surface area contributed by atoms with Gasteiger partial charge < -0.3 is 14.9 Å². The maximum atomic E-state index is 3.60. The van der Waals surface area contributed by atoms with Gasteiger partial charge in [0.25, 0.3) is 9.28 Å². The van der Waals surface area contributed by atoms with Gasteiger partial charge in [-0.05, 0) is 33.5 Å². The molecule has 0 amide bonds. The van der Waals surface area contributed by atoms with Gasteiger partial charge in [0.15, 0.2) is 0 Å². The van der Waals surface area contributed by atoms with Crippen LogP contribution in [0.25, 0.3) is 0 Å². The Morgan fingerprint density at radius 3 is 2.29 bits per heavy atom. The highest BCUT2D eigenvalue weighted by Crippen LogP contribution is 2.21. The van der Waals surface area contributed by atoms with E-state index in [0.29, 0.717) is 0 Å². The summed E-state index contributed by atoms with van der Waals surface area (Å²) in [4.78, 5) is 12.9. The first-order valence-corrected chi connectivity index (χ1v) is 8.87. The number of hydrogen-bond acceptors (Lipinski definition) is 4. The van der Waals surface area contributed by atoms with E-state index in [1.54, 1.807) is 0 Å². The second-order valence-corrected chi connectivity index (χ2v) is 7.31. The standard InChI is InChI=1S/C12H30N4Si/c1-4-16(12-8-6-5-7-9-12)11-10-15-17(13-2)14-3/h12-15,17H,4-11H2,1-3H3. The molecular weight excluding hydrogens is 228 g/mol. The molecule has 0 bridgehead atoms. The van der Waals surface area contributed by atoms with Crippen molar-refractivity contribution < 1.29 is 0 Å². The van der Waals surface area contributed by atoms with Crippen molar-refractivity contribution in [2.75, 3.05) is 33.7 Å². The molecule has 0 aromatic heterocycles. The van der Waals surface area contributed by atoms with E-state index >= 15 is 0 Å². The second-order valence-electron chi connectivity index (χ2n) is 4.88. The molecule has 1 saturated carbocycles. The van der Waals surface area contributed by atoms with Crippen molar-refractivity contribution in [2.45, 2.75) is 45.1 Å². The van der Waals surface area contributed by atoms with Crippen LogP contribution in [0.3, 0.4) is 0 Å². The number of nitrogens with one attached hydrogen (secondary N) is 3. The zero-order valence-electron chi connectivity index (χ0n) is 11.8. The van der Waals surface area contributed by atoms with Crippen LogP contribution < -0.4 is 14.9 Å². The Labute approximate surface area is 108 Å². The molecule has 17 heavy (non-hydrogen) atoms. The van der Waals surface area contributed by atoms with E-state index in [0.717, 1.165) is 12.6 Å². The molecule has 0 saturated heterocycles. The quantitative estimate of drug-likeness (QED) is 0.551. The van der Waals surface area contributed by atoms with Crippen LogP contribution in [0.15, 0.2) is 0 Å². The van der Waals surface area contributed by atoms with Crippen LogP contribution in [0.1, 0.15) is 39.0 Å². The molecule has 0 aromatic rings. The Kier molecular flexibility index (Phi) is 8.05. The summed E-state index contributed by atoms with van der Waals surface area (Å²) in [7, 11) is 2.97. The highest BCUT2D eigenvalue weighted by Gasteiger charge is 2.19. The Balaban J connectivity index is 2.21. The molecule has 5 heteroatoms. The highest BCUT2D eigenvalue weighted by molar-refractivity contribution is 6.50. The zero-order valence-corrected chi connectivity index (χ0v) is 12.9. The molecule has 4 nitrogen and oxygen atoms in total. The predicted octanol–water partition coefficient (Wildman–Crippen LogP) is 0.387. The number of likely N-dealkylation sites (N-methyl/N-ethyl adjacent to an activating group) is 1. The van der Waals surface area contributed by atoms with Crippen LogP contribution in [0, 0.1) is 0 Å². The van der Waals surface area contributed by atoms with Gasteiger partial charge in [-0.15, -0.1) is 0 Å². The minimum Gasteiger partial charge on any atom is -0.319 e. The molecule has 102 valence electrons. The largest absolute Gasteiger partial charge is 0.319 e. The van der Waals surface area contributed by atoms with Gasteiger partial charge in [0.1, 0.15) is 0 Å². The number of rotatable bonds is 8. The van der Waals surface area contributed by atoms with Crippen molar-refractivity contribution in [2.24, 2.45) is 0 Å². The van der Waals surface area contributed by atoms with E-state index in [-0.39, 0.29) is 0 Å². The molecule has 0 aromatic carbocycles. The topological polar surface area (TPSA) is 39.3 Å². The van der Waals surface area contributed by atoms with E-state index in [1.807, 2.05) is 14.1 Å². The Morgan fingerprint density at radius 1 is 1.12 bits per heavy atom. The van der Waals surface area contributed by atoms with Crippen molar-refractivity contribution in [1.29, 1.82) is 0 Å². The van der Waals surface area contributed by atoms with Gasteiger partial charge in [-0.1, -0.05) is 26.2 Å². The lowest BCUT2D eigenvalue weighted by molar-refractivity contribution is 0.166. The minimum absolute atomic E-state index is 0.847. The van der Waals surface area contributed by atoms with Crippen LogP contribution in [0.2, 0.25) is 0 Å². The summed E-state index contributed by atoms with van der Waals surface area (Å²) in [5.41, 5.74) is 0. The molecule has 3 N–H and O–H groups in total. The summed E-state index contributed by atoms with van der Waals surface area (Å²) >= 11 is 0. The van der Waals surface area contributed by atoms with Crippen LogP contribution in [0.5, 0.6) is 0 Å². The van der Waals surface area contributed by atoms with Gasteiger partial charge in [0.2, 0.25) is 0 Å². The normalized spacial score (nSPS) is 18.2. The summed E-state index contributed by atoms with van der Waals surface area (Å²) < 4.78 is 0. The van der Waals surface area contributed by atoms with Crippen molar-refractivity contribution in [1.82, 2.24) is 19.8 Å². The first-order chi connectivity index (χ1) is 8.31. The van der Waals surface area contributed by atoms with Crippen LogP contribution in [0.4, 0.5) is 0 Å². The van der Waals surface area contributed by atoms with Crippen molar-refractivity contribution in [3.05, 3.63) is 0 Å². The smallest absolute Gasteiger partial charge is 0.264 e. The summed E-state index contributed by atoms with van der Waals surface area (Å²) in [5.74, 6) is 0. The highest BCUT2D eigenvalue weighted by atomic mass is 28.3. The average Bonchev–Trinajstić information content (AvgIpc) is 2.40. The summed E-state index contributed by atoms with van der Waals surface area (Å²) in [6.45, 7) is 5.77. The average molecular weight is 258 g/mol. The van der Waals surface area contributed by atoms with E-state index in [1.165, 1.54) is 45.2 Å². The Morgan fingerprint density at radius 2 is 1.76 bits per heavy atom. The van der Waals surface area contributed by atoms with Crippen molar-refractivity contribution in [3.8, 4) is 0 Å². The van der Waals surface area contributed by atoms with Crippen molar-refractivity contribution >= 4 is 9.28 Å². The monoisotopic (exact) mass is 258 g/mol. The van der Waals surface area contributed by atoms with E-state index in [4.69, 9.17) is 0 Å². The fraction of sp³-hybridized carbons (Fsp3) is 1.00. The van der Waals surface area contributed by atoms with Crippen LogP contribution in [-0.2, 0) is 0 Å². The summed E-state index contributed by atoms with van der Waals surface area (Å²) in [6.07, 6.45) is 7.12. The van der Waals surface area contributed by atoms with Gasteiger partial charge in [0, 0.05) is 19.1 Å². The Hall–Kier alpha value is 0.0569. The fourth-order valence-corrected chi connectivity index (χ4v) is 3.86. The molecule has 1 aliphatic carbocycles. The van der Waals surface area contributed by atoms with Gasteiger partial charge in [-0.2, -0.15) is 0 Å². The van der Waals surface area contributed by atoms with Crippen molar-refractivity contribution in [3.63, 3.8) is 0 Å². The molecule has 1 fully saturated rings. The van der Waals surface area contributed by atoms with Gasteiger partial charge in [-0.3, -0.25) is 4.90 Å². The first kappa shape index (κ1) is 15.1. The number of hydrogen-bond donors (Lipinski definition) is 3. The molecule has 0 radical (unpaired) electrons. The minimum atomic E-state index is -1.08. The maximum Gasteiger partial charge on any atom is 0.264 e. The number of nitrogens with zero attached hydrogens (tertiary/aromatic N) is 1. The molecule has 1 rings (SSSR count). The van der Waals surface area contributed by atoms with Crippen LogP contribution in [-0.4, -0.2) is 54.0 Å². The van der Waals surface area contributed by atoms with Gasteiger partial charge in [0.05, 0.1) is 0 Å². The second kappa shape index (κ2) is 9.05. The zero-order chi connectivity index (χ0) is 12.5. The molecule has 0 aliphatic heterocycles.